The molecule has 150 valence electrons. The van der Waals surface area contributed by atoms with Gasteiger partial charge in [0.25, 0.3) is 0 Å². The van der Waals surface area contributed by atoms with Gasteiger partial charge in [0.1, 0.15) is 5.82 Å². The van der Waals surface area contributed by atoms with E-state index < -0.39 is 0 Å². The van der Waals surface area contributed by atoms with Gasteiger partial charge >= 0.3 is 0 Å². The maximum atomic E-state index is 13.9. The van der Waals surface area contributed by atoms with Crippen LogP contribution in [0.2, 0.25) is 0 Å². The van der Waals surface area contributed by atoms with E-state index in [1.54, 1.807) is 0 Å². The van der Waals surface area contributed by atoms with Crippen LogP contribution in [0.3, 0.4) is 0 Å². The van der Waals surface area contributed by atoms with Crippen LogP contribution in [-0.4, -0.2) is 62.3 Å². The molecule has 1 aromatic carbocycles. The van der Waals surface area contributed by atoms with Crippen molar-refractivity contribution in [2.24, 2.45) is 4.99 Å². The zero-order valence-electron chi connectivity index (χ0n) is 16.0. The summed E-state index contributed by atoms with van der Waals surface area (Å²) in [6.07, 6.45) is 4.27. The largest absolute Gasteiger partial charge is 0.373 e. The molecule has 2 fully saturated rings. The topological polar surface area (TPSA) is 48.9 Å². The highest BCUT2D eigenvalue weighted by molar-refractivity contribution is 9.10. The third kappa shape index (κ3) is 6.16. The summed E-state index contributed by atoms with van der Waals surface area (Å²) in [7, 11) is 0. The van der Waals surface area contributed by atoms with Crippen LogP contribution in [0.5, 0.6) is 0 Å². The van der Waals surface area contributed by atoms with Gasteiger partial charge in [-0.3, -0.25) is 9.89 Å². The minimum absolute atomic E-state index is 0.153. The quantitative estimate of drug-likeness (QED) is 0.388. The molecule has 7 heteroatoms. The molecule has 2 atom stereocenters. The highest BCUT2D eigenvalue weighted by Gasteiger charge is 2.31. The molecule has 0 aliphatic carbocycles. The molecule has 2 heterocycles. The number of guanidine groups is 1. The molecule has 1 aromatic rings. The summed E-state index contributed by atoms with van der Waals surface area (Å²) in [5.41, 5.74) is 0.748. The van der Waals surface area contributed by atoms with Crippen LogP contribution >= 0.6 is 15.9 Å². The van der Waals surface area contributed by atoms with Crippen molar-refractivity contribution < 1.29 is 9.13 Å². The molecule has 0 saturated carbocycles. The number of morpholine rings is 1. The fraction of sp³-hybridized carbons (Fsp3) is 0.650. The predicted octanol–water partition coefficient (Wildman–Crippen LogP) is 2.94. The highest BCUT2D eigenvalue weighted by Crippen LogP contribution is 2.22. The fourth-order valence-electron chi connectivity index (χ4n) is 3.74. The zero-order chi connectivity index (χ0) is 19.1. The lowest BCUT2D eigenvalue weighted by Crippen LogP contribution is -2.47. The monoisotopic (exact) mass is 440 g/mol. The van der Waals surface area contributed by atoms with Gasteiger partial charge in [-0.25, -0.2) is 4.39 Å². The predicted molar refractivity (Wildman–Crippen MR) is 111 cm³/mol. The third-order valence-electron chi connectivity index (χ3n) is 5.19. The molecular weight excluding hydrogens is 411 g/mol. The number of rotatable bonds is 7. The number of halogens is 2. The van der Waals surface area contributed by atoms with E-state index in [-0.39, 0.29) is 11.9 Å². The number of aliphatic imine (C=N–C) groups is 1. The summed E-state index contributed by atoms with van der Waals surface area (Å²) in [6.45, 7) is 7.30. The van der Waals surface area contributed by atoms with E-state index >= 15 is 0 Å². The number of hydrogen-bond acceptors (Lipinski definition) is 3. The lowest BCUT2D eigenvalue weighted by molar-refractivity contribution is -0.0432. The van der Waals surface area contributed by atoms with Crippen molar-refractivity contribution in [2.75, 3.05) is 39.3 Å². The average molecular weight is 441 g/mol. The summed E-state index contributed by atoms with van der Waals surface area (Å²) in [5, 5.41) is 6.62. The van der Waals surface area contributed by atoms with E-state index in [2.05, 4.69) is 43.4 Å². The van der Waals surface area contributed by atoms with Gasteiger partial charge in [-0.2, -0.15) is 0 Å². The van der Waals surface area contributed by atoms with Gasteiger partial charge in [-0.05, 0) is 56.8 Å². The van der Waals surface area contributed by atoms with Crippen molar-refractivity contribution in [3.8, 4) is 0 Å². The van der Waals surface area contributed by atoms with Gasteiger partial charge in [0, 0.05) is 30.1 Å². The van der Waals surface area contributed by atoms with Gasteiger partial charge < -0.3 is 15.4 Å². The number of ether oxygens (including phenoxy) is 1. The Morgan fingerprint density at radius 1 is 1.41 bits per heavy atom. The maximum Gasteiger partial charge on any atom is 0.191 e. The third-order valence-corrected chi connectivity index (χ3v) is 5.68. The first-order valence-electron chi connectivity index (χ1n) is 9.97. The van der Waals surface area contributed by atoms with Gasteiger partial charge in [0.2, 0.25) is 0 Å². The Kier molecular flexibility index (Phi) is 7.91. The van der Waals surface area contributed by atoms with E-state index in [0.29, 0.717) is 19.0 Å². The lowest BCUT2D eigenvalue weighted by Gasteiger charge is -2.34. The standard InChI is InChI=1S/C20H30BrFN4O/c1-2-23-20(24-9-3-5-15-7-8-16(21)11-19(15)22)25-12-18-13-26-10-4-6-17(26)14-27-18/h7-8,11,17-18H,2-6,9-10,12-14H2,1H3,(H2,23,24,25). The minimum atomic E-state index is -0.153. The molecule has 2 unspecified atom stereocenters. The van der Waals surface area contributed by atoms with Crippen LogP contribution < -0.4 is 10.6 Å². The van der Waals surface area contributed by atoms with Gasteiger partial charge in [-0.1, -0.05) is 22.0 Å². The Hall–Kier alpha value is -1.18. The smallest absolute Gasteiger partial charge is 0.191 e. The van der Waals surface area contributed by atoms with Crippen molar-refractivity contribution in [1.82, 2.24) is 15.5 Å². The number of hydrogen-bond donors (Lipinski definition) is 2. The Bertz CT molecular complexity index is 642. The van der Waals surface area contributed by atoms with E-state index in [1.165, 1.54) is 25.5 Å². The number of aryl methyl sites for hydroxylation is 1. The zero-order valence-corrected chi connectivity index (χ0v) is 17.6. The van der Waals surface area contributed by atoms with Crippen LogP contribution in [0.25, 0.3) is 0 Å². The summed E-state index contributed by atoms with van der Waals surface area (Å²) < 4.78 is 20.6. The molecule has 2 aliphatic rings. The first-order valence-corrected chi connectivity index (χ1v) is 10.8. The highest BCUT2D eigenvalue weighted by atomic mass is 79.9. The van der Waals surface area contributed by atoms with Gasteiger partial charge in [0.15, 0.2) is 5.96 Å². The van der Waals surface area contributed by atoms with Crippen LogP contribution in [-0.2, 0) is 11.2 Å². The minimum Gasteiger partial charge on any atom is -0.373 e. The average Bonchev–Trinajstić information content (AvgIpc) is 3.12. The Balaban J connectivity index is 1.42. The maximum absolute atomic E-state index is 13.9. The first kappa shape index (κ1) is 20.6. The van der Waals surface area contributed by atoms with Crippen molar-refractivity contribution in [1.29, 1.82) is 0 Å². The van der Waals surface area contributed by atoms with Crippen LogP contribution in [0.1, 0.15) is 31.7 Å². The molecule has 27 heavy (non-hydrogen) atoms. The second kappa shape index (κ2) is 10.4. The normalized spacial score (nSPS) is 23.3. The Morgan fingerprint density at radius 3 is 3.11 bits per heavy atom. The van der Waals surface area contributed by atoms with Crippen LogP contribution in [0.15, 0.2) is 27.7 Å². The molecule has 0 amide bonds. The molecular formula is C20H30BrFN4O. The Morgan fingerprint density at radius 2 is 2.30 bits per heavy atom. The van der Waals surface area contributed by atoms with Gasteiger partial charge in [-0.15, -0.1) is 0 Å². The van der Waals surface area contributed by atoms with E-state index in [0.717, 1.165) is 48.7 Å². The molecule has 2 saturated heterocycles. The lowest BCUT2D eigenvalue weighted by atomic mass is 10.1. The van der Waals surface area contributed by atoms with Crippen molar-refractivity contribution in [3.05, 3.63) is 34.1 Å². The van der Waals surface area contributed by atoms with Crippen molar-refractivity contribution in [3.63, 3.8) is 0 Å². The fourth-order valence-corrected chi connectivity index (χ4v) is 4.07. The summed E-state index contributed by atoms with van der Waals surface area (Å²) in [4.78, 5) is 7.23. The molecule has 0 aromatic heterocycles. The second-order valence-corrected chi connectivity index (χ2v) is 8.15. The van der Waals surface area contributed by atoms with E-state index in [9.17, 15) is 4.39 Å². The Labute approximate surface area is 169 Å². The van der Waals surface area contributed by atoms with Crippen LogP contribution in [0, 0.1) is 5.82 Å². The second-order valence-electron chi connectivity index (χ2n) is 7.23. The summed E-state index contributed by atoms with van der Waals surface area (Å²) in [6, 6.07) is 5.86. The van der Waals surface area contributed by atoms with E-state index in [4.69, 9.17) is 4.74 Å². The molecule has 0 spiro atoms. The number of benzene rings is 1. The van der Waals surface area contributed by atoms with Crippen LogP contribution in [0.4, 0.5) is 4.39 Å². The number of fused-ring (bicyclic) bond motifs is 1. The number of nitrogens with zero attached hydrogens (tertiary/aromatic N) is 2. The molecule has 0 radical (unpaired) electrons. The van der Waals surface area contributed by atoms with E-state index in [1.807, 2.05) is 12.1 Å². The van der Waals surface area contributed by atoms with Crippen molar-refractivity contribution in [2.45, 2.75) is 44.8 Å². The molecule has 5 nitrogen and oxygen atoms in total. The van der Waals surface area contributed by atoms with Gasteiger partial charge in [0.05, 0.1) is 19.3 Å². The SMILES string of the molecule is CCNC(=NCC1CN2CCCC2CO1)NCCCc1ccc(Br)cc1F. The molecule has 0 bridgehead atoms. The molecule has 3 rings (SSSR count). The first-order chi connectivity index (χ1) is 13.2. The summed E-state index contributed by atoms with van der Waals surface area (Å²) >= 11 is 3.29. The molecule has 2 aliphatic heterocycles. The van der Waals surface area contributed by atoms with Crippen molar-refractivity contribution >= 4 is 21.9 Å². The summed E-state index contributed by atoms with van der Waals surface area (Å²) in [5.74, 6) is 0.653. The molecule has 2 N–H and O–H groups in total. The number of nitrogens with one attached hydrogen (secondary N) is 2.